The van der Waals surface area contributed by atoms with Gasteiger partial charge >= 0.3 is 5.97 Å². The summed E-state index contributed by atoms with van der Waals surface area (Å²) in [5.41, 5.74) is 4.27. The Morgan fingerprint density at radius 1 is 1.27 bits per heavy atom. The molecule has 26 heavy (non-hydrogen) atoms. The van der Waals surface area contributed by atoms with Crippen LogP contribution in [0.5, 0.6) is 0 Å². The molecular formula is C19H22N4O3. The van der Waals surface area contributed by atoms with Crippen LogP contribution in [0.15, 0.2) is 42.9 Å². The summed E-state index contributed by atoms with van der Waals surface area (Å²) in [5.74, 6) is -0.855. The maximum atomic E-state index is 11.2. The largest absolute Gasteiger partial charge is 0.481 e. The molecule has 1 aromatic carbocycles. The molecule has 2 heterocycles. The number of nitrogens with zero attached hydrogens (tertiary/aromatic N) is 4. The first-order valence-corrected chi connectivity index (χ1v) is 8.50. The number of aliphatic hydroxyl groups is 1. The molecule has 7 nitrogen and oxygen atoms in total. The zero-order chi connectivity index (χ0) is 18.7. The smallest absolute Gasteiger partial charge is 0.305 e. The van der Waals surface area contributed by atoms with E-state index in [2.05, 4.69) is 10.1 Å². The van der Waals surface area contributed by atoms with Gasteiger partial charge in [0.25, 0.3) is 0 Å². The molecule has 0 saturated heterocycles. The zero-order valence-corrected chi connectivity index (χ0v) is 14.8. The minimum Gasteiger partial charge on any atom is -0.481 e. The van der Waals surface area contributed by atoms with Gasteiger partial charge in [0.05, 0.1) is 43.0 Å². The molecule has 7 heteroatoms. The molecule has 2 N–H and O–H groups in total. The quantitative estimate of drug-likeness (QED) is 0.680. The van der Waals surface area contributed by atoms with Crippen LogP contribution in [0, 0.1) is 6.92 Å². The Bertz CT molecular complexity index is 899. The van der Waals surface area contributed by atoms with Gasteiger partial charge < -0.3 is 14.8 Å². The minimum atomic E-state index is -0.855. The fourth-order valence-corrected chi connectivity index (χ4v) is 3.09. The van der Waals surface area contributed by atoms with Crippen molar-refractivity contribution >= 4 is 5.97 Å². The van der Waals surface area contributed by atoms with Gasteiger partial charge in [-0.1, -0.05) is 30.3 Å². The Balaban J connectivity index is 2.16. The highest BCUT2D eigenvalue weighted by molar-refractivity contribution is 5.79. The van der Waals surface area contributed by atoms with Crippen molar-refractivity contribution in [2.75, 3.05) is 6.61 Å². The predicted molar refractivity (Wildman–Crippen MR) is 97.7 cm³/mol. The monoisotopic (exact) mass is 354 g/mol. The molecule has 0 aliphatic rings. The Morgan fingerprint density at radius 2 is 2.00 bits per heavy atom. The third kappa shape index (κ3) is 3.52. The first-order valence-electron chi connectivity index (χ1n) is 8.50. The van der Waals surface area contributed by atoms with Crippen LogP contribution >= 0.6 is 0 Å². The van der Waals surface area contributed by atoms with E-state index in [1.165, 1.54) is 0 Å². The van der Waals surface area contributed by atoms with Gasteiger partial charge in [0.1, 0.15) is 0 Å². The fraction of sp³-hybridized carbons (Fsp3) is 0.316. The molecule has 0 bridgehead atoms. The topological polar surface area (TPSA) is 93.2 Å². The Kier molecular flexibility index (Phi) is 5.18. The highest BCUT2D eigenvalue weighted by Gasteiger charge is 2.22. The Labute approximate surface area is 151 Å². The molecule has 3 rings (SSSR count). The van der Waals surface area contributed by atoms with Crippen molar-refractivity contribution in [1.29, 1.82) is 0 Å². The molecule has 0 radical (unpaired) electrons. The molecule has 0 spiro atoms. The zero-order valence-electron chi connectivity index (χ0n) is 14.8. The van der Waals surface area contributed by atoms with E-state index in [0.29, 0.717) is 6.54 Å². The van der Waals surface area contributed by atoms with Crippen molar-refractivity contribution in [3.8, 4) is 22.5 Å². The average Bonchev–Trinajstić information content (AvgIpc) is 3.18. The average molecular weight is 354 g/mol. The summed E-state index contributed by atoms with van der Waals surface area (Å²) < 4.78 is 3.59. The summed E-state index contributed by atoms with van der Waals surface area (Å²) in [4.78, 5) is 15.8. The van der Waals surface area contributed by atoms with Gasteiger partial charge in [0.15, 0.2) is 0 Å². The van der Waals surface area contributed by atoms with E-state index in [1.54, 1.807) is 11.0 Å². The van der Waals surface area contributed by atoms with E-state index in [0.717, 1.165) is 28.2 Å². The summed E-state index contributed by atoms with van der Waals surface area (Å²) in [6, 6.07) is 9.53. The normalized spacial score (nSPS) is 12.3. The van der Waals surface area contributed by atoms with Crippen molar-refractivity contribution in [2.45, 2.75) is 32.9 Å². The van der Waals surface area contributed by atoms with Crippen molar-refractivity contribution in [3.63, 3.8) is 0 Å². The van der Waals surface area contributed by atoms with Crippen molar-refractivity contribution < 1.29 is 15.0 Å². The first-order chi connectivity index (χ1) is 12.5. The molecule has 0 fully saturated rings. The highest BCUT2D eigenvalue weighted by atomic mass is 16.4. The van der Waals surface area contributed by atoms with E-state index in [9.17, 15) is 15.0 Å². The lowest BCUT2D eigenvalue weighted by molar-refractivity contribution is -0.137. The van der Waals surface area contributed by atoms with Gasteiger partial charge in [-0.05, 0) is 13.8 Å². The molecule has 0 saturated carbocycles. The molecule has 0 aliphatic carbocycles. The van der Waals surface area contributed by atoms with Crippen LogP contribution in [0.2, 0.25) is 0 Å². The predicted octanol–water partition coefficient (Wildman–Crippen LogP) is 2.75. The summed E-state index contributed by atoms with van der Waals surface area (Å²) in [5, 5.41) is 22.8. The number of aryl methyl sites for hydroxylation is 1. The number of aliphatic carboxylic acids is 1. The van der Waals surface area contributed by atoms with E-state index in [1.807, 2.05) is 54.9 Å². The molecule has 3 aromatic rings. The second-order valence-electron chi connectivity index (χ2n) is 6.28. The summed E-state index contributed by atoms with van der Waals surface area (Å²) >= 11 is 0. The van der Waals surface area contributed by atoms with Gasteiger partial charge in [-0.25, -0.2) is 4.98 Å². The second-order valence-corrected chi connectivity index (χ2v) is 6.28. The molecule has 1 atom stereocenters. The molecule has 0 aliphatic heterocycles. The fourth-order valence-electron chi connectivity index (χ4n) is 3.09. The number of hydrogen-bond donors (Lipinski definition) is 2. The summed E-state index contributed by atoms with van der Waals surface area (Å²) in [6.45, 7) is 4.17. The number of carbonyl (C=O) groups is 1. The van der Waals surface area contributed by atoms with Crippen LogP contribution in [-0.4, -0.2) is 42.1 Å². The summed E-state index contributed by atoms with van der Waals surface area (Å²) in [7, 11) is 0. The van der Waals surface area contributed by atoms with Gasteiger partial charge in [0.2, 0.25) is 0 Å². The van der Waals surface area contributed by atoms with Crippen molar-refractivity contribution in [3.05, 3.63) is 48.5 Å². The van der Waals surface area contributed by atoms with Crippen molar-refractivity contribution in [1.82, 2.24) is 19.3 Å². The third-order valence-corrected chi connectivity index (χ3v) is 4.32. The van der Waals surface area contributed by atoms with Gasteiger partial charge in [0, 0.05) is 23.4 Å². The minimum absolute atomic E-state index is 0.000775. The first kappa shape index (κ1) is 17.9. The van der Waals surface area contributed by atoms with E-state index in [-0.39, 0.29) is 19.1 Å². The van der Waals surface area contributed by atoms with E-state index >= 15 is 0 Å². The number of imidazole rings is 1. The number of carboxylic acid groups (broad SMARTS) is 1. The van der Waals surface area contributed by atoms with Crippen LogP contribution in [0.25, 0.3) is 22.5 Å². The molecule has 2 aromatic heterocycles. The maximum absolute atomic E-state index is 11.2. The lowest BCUT2D eigenvalue weighted by atomic mass is 10.0. The summed E-state index contributed by atoms with van der Waals surface area (Å²) in [6.07, 6.45) is 3.56. The maximum Gasteiger partial charge on any atom is 0.305 e. The van der Waals surface area contributed by atoms with Gasteiger partial charge in [-0.2, -0.15) is 5.10 Å². The second kappa shape index (κ2) is 7.53. The van der Waals surface area contributed by atoms with Crippen molar-refractivity contribution in [2.24, 2.45) is 0 Å². The highest BCUT2D eigenvalue weighted by Crippen LogP contribution is 2.35. The van der Waals surface area contributed by atoms with Crippen LogP contribution in [-0.2, 0) is 11.3 Å². The van der Waals surface area contributed by atoms with Crippen LogP contribution in [0.4, 0.5) is 0 Å². The molecule has 136 valence electrons. The third-order valence-electron chi connectivity index (χ3n) is 4.32. The number of benzene rings is 1. The molecule has 0 amide bonds. The number of aromatic nitrogens is 4. The number of aliphatic hydroxyl groups excluding tert-OH is 1. The number of rotatable bonds is 7. The Morgan fingerprint density at radius 3 is 2.65 bits per heavy atom. The number of hydrogen-bond acceptors (Lipinski definition) is 4. The standard InChI is InChI=1S/C19H22N4O3/c1-13(10-17(25)26)23-12-20-18(15-6-4-3-5-7-15)19(23)16-11-22(8-9-24)21-14(16)2/h3-7,11-13,24H,8-10H2,1-2H3,(H,25,26)/t13-/m0/s1. The molecular weight excluding hydrogens is 332 g/mol. The SMILES string of the molecule is Cc1nn(CCO)cc1-c1c(-c2ccccc2)ncn1[C@@H](C)CC(=O)O. The molecule has 0 unspecified atom stereocenters. The lowest BCUT2D eigenvalue weighted by Gasteiger charge is -2.15. The van der Waals surface area contributed by atoms with Crippen LogP contribution < -0.4 is 0 Å². The van der Waals surface area contributed by atoms with E-state index in [4.69, 9.17) is 0 Å². The van der Waals surface area contributed by atoms with Crippen LogP contribution in [0.3, 0.4) is 0 Å². The Hall–Kier alpha value is -2.93. The van der Waals surface area contributed by atoms with Gasteiger partial charge in [-0.3, -0.25) is 9.48 Å². The van der Waals surface area contributed by atoms with Gasteiger partial charge in [-0.15, -0.1) is 0 Å². The van der Waals surface area contributed by atoms with E-state index < -0.39 is 5.97 Å². The number of carboxylic acids is 1. The van der Waals surface area contributed by atoms with Crippen LogP contribution in [0.1, 0.15) is 25.1 Å². The lowest BCUT2D eigenvalue weighted by Crippen LogP contribution is -2.11.